The maximum absolute atomic E-state index is 12.9. The van der Waals surface area contributed by atoms with Crippen molar-refractivity contribution in [1.82, 2.24) is 5.32 Å². The van der Waals surface area contributed by atoms with Gasteiger partial charge < -0.3 is 28.8 Å². The molecule has 0 saturated heterocycles. The van der Waals surface area contributed by atoms with Crippen LogP contribution in [0.2, 0.25) is 0 Å². The summed E-state index contributed by atoms with van der Waals surface area (Å²) >= 11 is 0. The van der Waals surface area contributed by atoms with Crippen molar-refractivity contribution in [2.24, 2.45) is 0 Å². The lowest BCUT2D eigenvalue weighted by Gasteiger charge is -2.30. The standard InChI is InChI=1S/C62H121N2O6P/c1-6-8-10-12-14-16-17-18-19-20-21-22-23-24-25-26-27-28-29-30-31-32-33-34-35-36-37-38-39-40-41-42-43-44-45-46-47-48-50-52-54-56-62(66)63-60(59-70-71(67,68)69-58-57-64(3,4)5)61(65)55-53-51-49-15-13-11-9-7-2/h17-18,20-21,23-24,60-61,65H,6-16,19,22,25-59H2,1-5H3,(H-,63,66,67,68)/b18-17-,21-20-,24-23-. The lowest BCUT2D eigenvalue weighted by Crippen LogP contribution is -2.46. The maximum Gasteiger partial charge on any atom is 0.268 e. The molecule has 0 aliphatic rings. The average molecular weight is 1020 g/mol. The number of hydrogen-bond donors (Lipinski definition) is 2. The third kappa shape index (κ3) is 56.3. The van der Waals surface area contributed by atoms with Crippen LogP contribution in [0, 0.1) is 0 Å². The van der Waals surface area contributed by atoms with Gasteiger partial charge in [0.2, 0.25) is 5.91 Å². The van der Waals surface area contributed by atoms with Gasteiger partial charge in [-0.25, -0.2) is 0 Å². The number of allylic oxidation sites excluding steroid dienone is 6. The molecule has 0 fully saturated rings. The van der Waals surface area contributed by atoms with E-state index in [0.717, 1.165) is 51.4 Å². The van der Waals surface area contributed by atoms with Gasteiger partial charge >= 0.3 is 0 Å². The van der Waals surface area contributed by atoms with Crippen molar-refractivity contribution in [2.75, 3.05) is 40.9 Å². The Kier molecular flexibility index (Phi) is 52.6. The summed E-state index contributed by atoms with van der Waals surface area (Å²) in [5.41, 5.74) is 0. The largest absolute Gasteiger partial charge is 0.756 e. The number of unbranched alkanes of at least 4 members (excludes halogenated alkanes) is 38. The predicted octanol–water partition coefficient (Wildman–Crippen LogP) is 18.3. The van der Waals surface area contributed by atoms with Gasteiger partial charge in [-0.2, -0.15) is 0 Å². The molecule has 0 rings (SSSR count). The van der Waals surface area contributed by atoms with E-state index in [1.807, 2.05) is 21.1 Å². The molecule has 0 saturated carbocycles. The number of amides is 1. The van der Waals surface area contributed by atoms with E-state index >= 15 is 0 Å². The van der Waals surface area contributed by atoms with Crippen molar-refractivity contribution in [3.63, 3.8) is 0 Å². The third-order valence-corrected chi connectivity index (χ3v) is 15.1. The number of likely N-dealkylation sites (N-methyl/N-ethyl adjacent to an activating group) is 1. The lowest BCUT2D eigenvalue weighted by molar-refractivity contribution is -0.870. The lowest BCUT2D eigenvalue weighted by atomic mass is 10.0. The van der Waals surface area contributed by atoms with Crippen LogP contribution in [0.5, 0.6) is 0 Å². The molecule has 0 radical (unpaired) electrons. The molecule has 3 unspecified atom stereocenters. The van der Waals surface area contributed by atoms with Crippen molar-refractivity contribution in [3.05, 3.63) is 36.5 Å². The summed E-state index contributed by atoms with van der Waals surface area (Å²) in [5, 5.41) is 13.9. The van der Waals surface area contributed by atoms with Crippen molar-refractivity contribution in [1.29, 1.82) is 0 Å². The molecule has 3 atom stereocenters. The van der Waals surface area contributed by atoms with Crippen LogP contribution in [-0.4, -0.2) is 68.5 Å². The maximum atomic E-state index is 12.9. The number of aliphatic hydroxyl groups is 1. The molecule has 2 N–H and O–H groups in total. The van der Waals surface area contributed by atoms with Crippen LogP contribution in [0.15, 0.2) is 36.5 Å². The van der Waals surface area contributed by atoms with Gasteiger partial charge in [0, 0.05) is 6.42 Å². The second-order valence-electron chi connectivity index (χ2n) is 22.4. The highest BCUT2D eigenvalue weighted by Gasteiger charge is 2.24. The van der Waals surface area contributed by atoms with Crippen LogP contribution in [0.4, 0.5) is 0 Å². The molecule has 0 aliphatic heterocycles. The van der Waals surface area contributed by atoms with Crippen LogP contribution in [0.25, 0.3) is 0 Å². The smallest absolute Gasteiger partial charge is 0.268 e. The van der Waals surface area contributed by atoms with E-state index in [0.29, 0.717) is 23.9 Å². The number of carbonyl (C=O) groups excluding carboxylic acids is 1. The summed E-state index contributed by atoms with van der Waals surface area (Å²) in [4.78, 5) is 25.4. The molecule has 0 aromatic rings. The number of phosphoric ester groups is 1. The number of quaternary nitrogens is 1. The minimum atomic E-state index is -4.56. The van der Waals surface area contributed by atoms with Crippen molar-refractivity contribution in [3.8, 4) is 0 Å². The van der Waals surface area contributed by atoms with Gasteiger partial charge in [-0.05, 0) is 51.4 Å². The fraction of sp³-hybridized carbons (Fsp3) is 0.887. The molecule has 420 valence electrons. The Bertz CT molecular complexity index is 1250. The summed E-state index contributed by atoms with van der Waals surface area (Å²) < 4.78 is 23.3. The first-order valence-corrected chi connectivity index (χ1v) is 32.3. The summed E-state index contributed by atoms with van der Waals surface area (Å²) in [7, 11) is 1.31. The Morgan fingerprint density at radius 2 is 0.817 bits per heavy atom. The summed E-state index contributed by atoms with van der Waals surface area (Å²) in [6, 6.07) is -0.795. The fourth-order valence-electron chi connectivity index (χ4n) is 9.29. The van der Waals surface area contributed by atoms with E-state index in [2.05, 4.69) is 55.6 Å². The van der Waals surface area contributed by atoms with Crippen LogP contribution < -0.4 is 10.2 Å². The highest BCUT2D eigenvalue weighted by Crippen LogP contribution is 2.38. The number of rotatable bonds is 57. The minimum absolute atomic E-state index is 0.0139. The summed E-state index contributed by atoms with van der Waals surface area (Å²) in [6.45, 7) is 4.69. The number of carbonyl (C=O) groups is 1. The molecule has 9 heteroatoms. The first-order chi connectivity index (χ1) is 34.5. The Morgan fingerprint density at radius 3 is 1.18 bits per heavy atom. The molecule has 71 heavy (non-hydrogen) atoms. The minimum Gasteiger partial charge on any atom is -0.756 e. The van der Waals surface area contributed by atoms with Gasteiger partial charge in [0.05, 0.1) is 39.9 Å². The molecule has 0 spiro atoms. The Balaban J connectivity index is 3.72. The Labute approximate surface area is 442 Å². The van der Waals surface area contributed by atoms with Gasteiger partial charge in [-0.3, -0.25) is 9.36 Å². The summed E-state index contributed by atoms with van der Waals surface area (Å²) in [5.74, 6) is -0.163. The van der Waals surface area contributed by atoms with Crippen LogP contribution in [0.3, 0.4) is 0 Å². The molecule has 0 aromatic heterocycles. The van der Waals surface area contributed by atoms with Crippen molar-refractivity contribution in [2.45, 2.75) is 315 Å². The number of nitrogens with zero attached hydrogens (tertiary/aromatic N) is 1. The predicted molar refractivity (Wildman–Crippen MR) is 307 cm³/mol. The van der Waals surface area contributed by atoms with E-state index < -0.39 is 20.0 Å². The Morgan fingerprint density at radius 1 is 0.493 bits per heavy atom. The van der Waals surface area contributed by atoms with Gasteiger partial charge in [-0.15, -0.1) is 0 Å². The fourth-order valence-corrected chi connectivity index (χ4v) is 10.0. The molecule has 0 aromatic carbocycles. The van der Waals surface area contributed by atoms with E-state index in [4.69, 9.17) is 9.05 Å². The second kappa shape index (κ2) is 53.5. The highest BCUT2D eigenvalue weighted by molar-refractivity contribution is 7.45. The quantitative estimate of drug-likeness (QED) is 0.0272. The molecule has 1 amide bonds. The van der Waals surface area contributed by atoms with E-state index in [1.54, 1.807) is 0 Å². The molecule has 8 nitrogen and oxygen atoms in total. The number of hydrogen-bond acceptors (Lipinski definition) is 6. The third-order valence-electron chi connectivity index (χ3n) is 14.1. The molecule has 0 bridgehead atoms. The highest BCUT2D eigenvalue weighted by atomic mass is 31.2. The summed E-state index contributed by atoms with van der Waals surface area (Å²) in [6.07, 6.45) is 69.6. The number of nitrogens with one attached hydrogen (secondary N) is 1. The van der Waals surface area contributed by atoms with Gasteiger partial charge in [0.1, 0.15) is 13.2 Å². The molecule has 0 aliphatic carbocycles. The zero-order chi connectivity index (χ0) is 52.0. The number of phosphoric acid groups is 1. The Hall–Kier alpha value is -1.28. The zero-order valence-corrected chi connectivity index (χ0v) is 48.8. The number of aliphatic hydroxyl groups excluding tert-OH is 1. The zero-order valence-electron chi connectivity index (χ0n) is 47.9. The normalized spacial score (nSPS) is 14.1. The van der Waals surface area contributed by atoms with Crippen molar-refractivity contribution < 1.29 is 32.9 Å². The van der Waals surface area contributed by atoms with E-state index in [1.165, 1.54) is 225 Å². The van der Waals surface area contributed by atoms with Crippen LogP contribution in [0.1, 0.15) is 303 Å². The van der Waals surface area contributed by atoms with E-state index in [-0.39, 0.29) is 19.1 Å². The van der Waals surface area contributed by atoms with Crippen LogP contribution >= 0.6 is 7.82 Å². The first kappa shape index (κ1) is 69.7. The van der Waals surface area contributed by atoms with Gasteiger partial charge in [0.25, 0.3) is 7.82 Å². The van der Waals surface area contributed by atoms with E-state index in [9.17, 15) is 19.4 Å². The van der Waals surface area contributed by atoms with Gasteiger partial charge in [-0.1, -0.05) is 281 Å². The molecular weight excluding hydrogens is 900 g/mol. The first-order valence-electron chi connectivity index (χ1n) is 30.8. The molecule has 0 heterocycles. The van der Waals surface area contributed by atoms with Gasteiger partial charge in [0.15, 0.2) is 0 Å². The van der Waals surface area contributed by atoms with Crippen molar-refractivity contribution >= 4 is 13.7 Å². The topological polar surface area (TPSA) is 108 Å². The second-order valence-corrected chi connectivity index (χ2v) is 23.8. The molecular formula is C62H121N2O6P. The average Bonchev–Trinajstić information content (AvgIpc) is 3.33. The van der Waals surface area contributed by atoms with Crippen LogP contribution in [-0.2, 0) is 18.4 Å². The SMILES string of the molecule is CCCCCCC/C=C\C/C=C\C/C=C\CCCCCCCCCCCCCCCCCCCCCCCCCCCCC(=O)NC(COP(=O)([O-])OCC[N+](C)(C)C)C(O)CCCCCCCCCC. The monoisotopic (exact) mass is 1020 g/mol.